The number of pyridine rings is 1. The molecule has 1 aliphatic rings. The summed E-state index contributed by atoms with van der Waals surface area (Å²) < 4.78 is 5.43. The molecule has 1 fully saturated rings. The largest absolute Gasteiger partial charge is 0.482 e. The summed E-state index contributed by atoms with van der Waals surface area (Å²) in [5.41, 5.74) is 0.604. The maximum atomic E-state index is 12.4. The van der Waals surface area contributed by atoms with E-state index in [0.717, 1.165) is 12.8 Å². The Balaban J connectivity index is 1.38. The minimum atomic E-state index is -0.208. The second-order valence-corrected chi connectivity index (χ2v) is 7.49. The molecule has 2 aromatic rings. The SMILES string of the molecule is O=C(COc1ccc(Cl)cc1Cl)NCC1CCN(C(=O)c2cccnc2)CC1. The molecule has 1 aromatic carbocycles. The summed E-state index contributed by atoms with van der Waals surface area (Å²) in [6.07, 6.45) is 4.92. The summed E-state index contributed by atoms with van der Waals surface area (Å²) >= 11 is 11.9. The Kier molecular flexibility index (Phi) is 7.12. The number of ether oxygens (including phenoxy) is 1. The summed E-state index contributed by atoms with van der Waals surface area (Å²) in [5.74, 6) is 0.549. The normalized spacial score (nSPS) is 14.6. The molecule has 1 saturated heterocycles. The Bertz CT molecular complexity index is 825. The van der Waals surface area contributed by atoms with Crippen molar-refractivity contribution in [2.45, 2.75) is 12.8 Å². The third kappa shape index (κ3) is 5.59. The molecule has 0 radical (unpaired) electrons. The fourth-order valence-corrected chi connectivity index (χ4v) is 3.52. The molecule has 8 heteroatoms. The number of likely N-dealkylation sites (tertiary alicyclic amines) is 1. The first-order chi connectivity index (χ1) is 13.5. The smallest absolute Gasteiger partial charge is 0.257 e. The Morgan fingerprint density at radius 3 is 2.68 bits per heavy atom. The zero-order valence-electron chi connectivity index (χ0n) is 15.2. The lowest BCUT2D eigenvalue weighted by molar-refractivity contribution is -0.123. The van der Waals surface area contributed by atoms with E-state index in [1.165, 1.54) is 0 Å². The number of carbonyl (C=O) groups excluding carboxylic acids is 2. The van der Waals surface area contributed by atoms with E-state index >= 15 is 0 Å². The van der Waals surface area contributed by atoms with E-state index in [-0.39, 0.29) is 18.4 Å². The van der Waals surface area contributed by atoms with Crippen LogP contribution in [0.2, 0.25) is 10.0 Å². The van der Waals surface area contributed by atoms with E-state index < -0.39 is 0 Å². The van der Waals surface area contributed by atoms with Crippen molar-refractivity contribution in [3.05, 3.63) is 58.3 Å². The third-order valence-corrected chi connectivity index (χ3v) is 5.18. The fourth-order valence-electron chi connectivity index (χ4n) is 3.06. The number of amides is 2. The molecule has 0 aliphatic carbocycles. The van der Waals surface area contributed by atoms with Crippen molar-refractivity contribution in [1.29, 1.82) is 0 Å². The summed E-state index contributed by atoms with van der Waals surface area (Å²) in [6.45, 7) is 1.79. The van der Waals surface area contributed by atoms with E-state index in [0.29, 0.717) is 46.9 Å². The van der Waals surface area contributed by atoms with Gasteiger partial charge in [0.2, 0.25) is 0 Å². The molecular weight excluding hydrogens is 401 g/mol. The number of piperidine rings is 1. The van der Waals surface area contributed by atoms with E-state index in [2.05, 4.69) is 10.3 Å². The predicted molar refractivity (Wildman–Crippen MR) is 108 cm³/mol. The van der Waals surface area contributed by atoms with Gasteiger partial charge in [-0.25, -0.2) is 0 Å². The second-order valence-electron chi connectivity index (χ2n) is 6.64. The minimum Gasteiger partial charge on any atom is -0.482 e. The van der Waals surface area contributed by atoms with Crippen LogP contribution in [0.25, 0.3) is 0 Å². The number of benzene rings is 1. The van der Waals surface area contributed by atoms with Gasteiger partial charge in [0.25, 0.3) is 11.8 Å². The molecule has 0 atom stereocenters. The summed E-state index contributed by atoms with van der Waals surface area (Å²) in [4.78, 5) is 30.3. The predicted octanol–water partition coefficient (Wildman–Crippen LogP) is 3.44. The molecule has 3 rings (SSSR count). The van der Waals surface area contributed by atoms with Crippen LogP contribution in [0.3, 0.4) is 0 Å². The summed E-state index contributed by atoms with van der Waals surface area (Å²) in [7, 11) is 0. The molecular formula is C20H21Cl2N3O3. The van der Waals surface area contributed by atoms with Gasteiger partial charge in [0.1, 0.15) is 5.75 Å². The number of aromatic nitrogens is 1. The van der Waals surface area contributed by atoms with Gasteiger partial charge >= 0.3 is 0 Å². The van der Waals surface area contributed by atoms with E-state index in [1.54, 1.807) is 42.7 Å². The first-order valence-electron chi connectivity index (χ1n) is 9.07. The van der Waals surface area contributed by atoms with Gasteiger partial charge in [0.15, 0.2) is 6.61 Å². The van der Waals surface area contributed by atoms with Gasteiger partial charge in [-0.15, -0.1) is 0 Å². The number of halogens is 2. The second kappa shape index (κ2) is 9.75. The van der Waals surface area contributed by atoms with Crippen molar-refractivity contribution in [1.82, 2.24) is 15.2 Å². The lowest BCUT2D eigenvalue weighted by atomic mass is 9.96. The van der Waals surface area contributed by atoms with Crippen LogP contribution in [0.5, 0.6) is 5.75 Å². The Labute approximate surface area is 173 Å². The van der Waals surface area contributed by atoms with Crippen LogP contribution in [-0.4, -0.2) is 47.9 Å². The molecule has 2 amide bonds. The highest BCUT2D eigenvalue weighted by Crippen LogP contribution is 2.27. The number of hydrogen-bond donors (Lipinski definition) is 1. The summed E-state index contributed by atoms with van der Waals surface area (Å²) in [5, 5.41) is 3.76. The van der Waals surface area contributed by atoms with Crippen LogP contribution in [0.15, 0.2) is 42.7 Å². The van der Waals surface area contributed by atoms with Crippen molar-refractivity contribution >= 4 is 35.0 Å². The van der Waals surface area contributed by atoms with Crippen molar-refractivity contribution < 1.29 is 14.3 Å². The van der Waals surface area contributed by atoms with Crippen molar-refractivity contribution in [3.8, 4) is 5.75 Å². The Morgan fingerprint density at radius 2 is 2.00 bits per heavy atom. The van der Waals surface area contributed by atoms with Crippen LogP contribution in [-0.2, 0) is 4.79 Å². The van der Waals surface area contributed by atoms with Crippen LogP contribution in [0, 0.1) is 5.92 Å². The molecule has 1 aromatic heterocycles. The Hall–Kier alpha value is -2.31. The molecule has 6 nitrogen and oxygen atoms in total. The lowest BCUT2D eigenvalue weighted by Crippen LogP contribution is -2.42. The highest BCUT2D eigenvalue weighted by molar-refractivity contribution is 6.35. The van der Waals surface area contributed by atoms with Crippen LogP contribution >= 0.6 is 23.2 Å². The van der Waals surface area contributed by atoms with E-state index in [4.69, 9.17) is 27.9 Å². The molecule has 0 spiro atoms. The van der Waals surface area contributed by atoms with Gasteiger partial charge in [-0.1, -0.05) is 23.2 Å². The zero-order valence-corrected chi connectivity index (χ0v) is 16.7. The molecule has 0 bridgehead atoms. The number of nitrogens with one attached hydrogen (secondary N) is 1. The molecule has 2 heterocycles. The molecule has 28 heavy (non-hydrogen) atoms. The minimum absolute atomic E-state index is 0.00355. The molecule has 0 unspecified atom stereocenters. The number of nitrogens with zero attached hydrogens (tertiary/aromatic N) is 2. The van der Waals surface area contributed by atoms with Gasteiger partial charge in [0, 0.05) is 37.1 Å². The van der Waals surface area contributed by atoms with Crippen LogP contribution < -0.4 is 10.1 Å². The standard InChI is InChI=1S/C20H21Cl2N3O3/c21-16-3-4-18(17(22)10-16)28-13-19(26)24-11-14-5-8-25(9-6-14)20(27)15-2-1-7-23-12-15/h1-4,7,10,12,14H,5-6,8-9,11,13H2,(H,24,26). The van der Waals surface area contributed by atoms with Gasteiger partial charge in [0.05, 0.1) is 10.6 Å². The van der Waals surface area contributed by atoms with Gasteiger partial charge in [-0.2, -0.15) is 0 Å². The highest BCUT2D eigenvalue weighted by Gasteiger charge is 2.24. The zero-order chi connectivity index (χ0) is 19.9. The monoisotopic (exact) mass is 421 g/mol. The van der Waals surface area contributed by atoms with Crippen LogP contribution in [0.1, 0.15) is 23.2 Å². The first kappa shape index (κ1) is 20.4. The van der Waals surface area contributed by atoms with Gasteiger partial charge < -0.3 is 15.0 Å². The average molecular weight is 422 g/mol. The summed E-state index contributed by atoms with van der Waals surface area (Å²) in [6, 6.07) is 8.38. The van der Waals surface area contributed by atoms with Gasteiger partial charge in [-0.05, 0) is 49.1 Å². The first-order valence-corrected chi connectivity index (χ1v) is 9.82. The highest BCUT2D eigenvalue weighted by atomic mass is 35.5. The molecule has 148 valence electrons. The number of rotatable bonds is 6. The lowest BCUT2D eigenvalue weighted by Gasteiger charge is -2.32. The van der Waals surface area contributed by atoms with Crippen LogP contribution in [0.4, 0.5) is 0 Å². The van der Waals surface area contributed by atoms with Crippen molar-refractivity contribution in [2.24, 2.45) is 5.92 Å². The van der Waals surface area contributed by atoms with Crippen molar-refractivity contribution in [2.75, 3.05) is 26.2 Å². The Morgan fingerprint density at radius 1 is 1.21 bits per heavy atom. The van der Waals surface area contributed by atoms with E-state index in [1.807, 2.05) is 4.90 Å². The number of hydrogen-bond acceptors (Lipinski definition) is 4. The third-order valence-electron chi connectivity index (χ3n) is 4.65. The quantitative estimate of drug-likeness (QED) is 0.775. The topological polar surface area (TPSA) is 71.5 Å². The fraction of sp³-hybridized carbons (Fsp3) is 0.350. The maximum Gasteiger partial charge on any atom is 0.257 e. The molecule has 1 N–H and O–H groups in total. The van der Waals surface area contributed by atoms with E-state index in [9.17, 15) is 9.59 Å². The van der Waals surface area contributed by atoms with Gasteiger partial charge in [-0.3, -0.25) is 14.6 Å². The maximum absolute atomic E-state index is 12.4. The number of carbonyl (C=O) groups is 2. The molecule has 1 aliphatic heterocycles. The molecule has 0 saturated carbocycles. The van der Waals surface area contributed by atoms with Crippen molar-refractivity contribution in [3.63, 3.8) is 0 Å². The average Bonchev–Trinajstić information content (AvgIpc) is 2.72.